The van der Waals surface area contributed by atoms with Crippen LogP contribution in [-0.2, 0) is 13.0 Å². The zero-order valence-electron chi connectivity index (χ0n) is 13.6. The first-order valence-electron chi connectivity index (χ1n) is 8.28. The number of hydrogen-bond acceptors (Lipinski definition) is 4. The Kier molecular flexibility index (Phi) is 4.37. The highest BCUT2D eigenvalue weighted by Crippen LogP contribution is 2.37. The summed E-state index contributed by atoms with van der Waals surface area (Å²) in [6.07, 6.45) is 1.01. The third-order valence-corrected chi connectivity index (χ3v) is 5.18. The van der Waals surface area contributed by atoms with Gasteiger partial charge in [-0.2, -0.15) is 0 Å². The van der Waals surface area contributed by atoms with Gasteiger partial charge in [0.1, 0.15) is 19.0 Å². The monoisotopic (exact) mass is 389 g/mol. The summed E-state index contributed by atoms with van der Waals surface area (Å²) in [5.41, 5.74) is 3.76. The van der Waals surface area contributed by atoms with Gasteiger partial charge in [-0.05, 0) is 41.8 Å². The van der Waals surface area contributed by atoms with Gasteiger partial charge in [0, 0.05) is 23.5 Å². The third kappa shape index (κ3) is 3.10. The lowest BCUT2D eigenvalue weighted by Gasteiger charge is -2.22. The molecule has 4 nitrogen and oxygen atoms in total. The molecule has 0 fully saturated rings. The van der Waals surface area contributed by atoms with E-state index < -0.39 is 0 Å². The smallest absolute Gasteiger partial charge is 0.162 e. The van der Waals surface area contributed by atoms with Crippen LogP contribution in [0.4, 0.5) is 0 Å². The molecule has 0 aliphatic carbocycles. The van der Waals surface area contributed by atoms with Gasteiger partial charge in [-0.15, -0.1) is 0 Å². The molecule has 24 heavy (non-hydrogen) atoms. The number of nitrogens with one attached hydrogen (secondary N) is 1. The van der Waals surface area contributed by atoms with Crippen molar-refractivity contribution in [2.75, 3.05) is 19.8 Å². The molecule has 0 saturated carbocycles. The van der Waals surface area contributed by atoms with E-state index in [4.69, 9.17) is 14.2 Å². The minimum atomic E-state index is 0.194. The summed E-state index contributed by atoms with van der Waals surface area (Å²) in [5.74, 6) is 2.66. The predicted molar refractivity (Wildman–Crippen MR) is 96.0 cm³/mol. The van der Waals surface area contributed by atoms with Crippen LogP contribution in [0.2, 0.25) is 0 Å². The van der Waals surface area contributed by atoms with Crippen LogP contribution in [-0.4, -0.2) is 19.8 Å². The third-order valence-electron chi connectivity index (χ3n) is 4.49. The van der Waals surface area contributed by atoms with E-state index in [9.17, 15) is 0 Å². The lowest BCUT2D eigenvalue weighted by Crippen LogP contribution is -2.20. The average Bonchev–Trinajstić information content (AvgIpc) is 3.06. The largest absolute Gasteiger partial charge is 0.493 e. The van der Waals surface area contributed by atoms with E-state index in [1.165, 1.54) is 16.7 Å². The Balaban J connectivity index is 1.47. The summed E-state index contributed by atoms with van der Waals surface area (Å²) in [6, 6.07) is 10.7. The van der Waals surface area contributed by atoms with Crippen LogP contribution in [0.1, 0.15) is 29.7 Å². The van der Waals surface area contributed by atoms with Crippen molar-refractivity contribution in [1.82, 2.24) is 5.32 Å². The highest BCUT2D eigenvalue weighted by Gasteiger charge is 2.18. The topological polar surface area (TPSA) is 39.7 Å². The summed E-state index contributed by atoms with van der Waals surface area (Å²) in [6.45, 7) is 4.98. The quantitative estimate of drug-likeness (QED) is 0.857. The maximum atomic E-state index is 5.69. The molecule has 1 atom stereocenters. The van der Waals surface area contributed by atoms with Crippen LogP contribution in [0.15, 0.2) is 34.8 Å². The van der Waals surface area contributed by atoms with Gasteiger partial charge in [0.25, 0.3) is 0 Å². The molecule has 0 aromatic heterocycles. The highest BCUT2D eigenvalue weighted by atomic mass is 79.9. The van der Waals surface area contributed by atoms with Gasteiger partial charge in [-0.3, -0.25) is 0 Å². The molecule has 0 spiro atoms. The first-order chi connectivity index (χ1) is 11.7. The molecule has 0 bridgehead atoms. The fourth-order valence-corrected chi connectivity index (χ4v) is 3.81. The van der Waals surface area contributed by atoms with Crippen LogP contribution in [0, 0.1) is 0 Å². The SMILES string of the molecule is CC(NCc1ccc2c(c1)CCO2)c1cc2c(cc1Br)OCCO2. The van der Waals surface area contributed by atoms with Crippen molar-refractivity contribution in [2.45, 2.75) is 25.9 Å². The van der Waals surface area contributed by atoms with Crippen molar-refractivity contribution >= 4 is 15.9 Å². The molecule has 2 aromatic carbocycles. The van der Waals surface area contributed by atoms with Crippen LogP contribution in [0.3, 0.4) is 0 Å². The molecule has 1 unspecified atom stereocenters. The molecular formula is C19H20BrNO3. The van der Waals surface area contributed by atoms with Crippen molar-refractivity contribution < 1.29 is 14.2 Å². The van der Waals surface area contributed by atoms with Crippen molar-refractivity contribution in [3.63, 3.8) is 0 Å². The fourth-order valence-electron chi connectivity index (χ4n) is 3.14. The van der Waals surface area contributed by atoms with E-state index in [2.05, 4.69) is 52.4 Å². The van der Waals surface area contributed by atoms with Crippen molar-refractivity contribution in [3.8, 4) is 17.2 Å². The zero-order chi connectivity index (χ0) is 16.5. The van der Waals surface area contributed by atoms with E-state index in [0.29, 0.717) is 13.2 Å². The van der Waals surface area contributed by atoms with Crippen LogP contribution in [0.5, 0.6) is 17.2 Å². The van der Waals surface area contributed by atoms with Gasteiger partial charge in [0.2, 0.25) is 0 Å². The highest BCUT2D eigenvalue weighted by molar-refractivity contribution is 9.10. The first kappa shape index (κ1) is 15.8. The molecule has 2 heterocycles. The second kappa shape index (κ2) is 6.65. The molecule has 5 heteroatoms. The van der Waals surface area contributed by atoms with E-state index in [-0.39, 0.29) is 6.04 Å². The molecular weight excluding hydrogens is 370 g/mol. The number of halogens is 1. The number of fused-ring (bicyclic) bond motifs is 2. The Hall–Kier alpha value is -1.72. The molecule has 1 N–H and O–H groups in total. The van der Waals surface area contributed by atoms with E-state index in [0.717, 1.165) is 41.3 Å². The Morgan fingerprint density at radius 1 is 1.00 bits per heavy atom. The lowest BCUT2D eigenvalue weighted by atomic mass is 10.1. The average molecular weight is 390 g/mol. The molecule has 0 radical (unpaired) electrons. The van der Waals surface area contributed by atoms with Crippen molar-refractivity contribution in [2.24, 2.45) is 0 Å². The van der Waals surface area contributed by atoms with E-state index >= 15 is 0 Å². The Labute approximate surface area is 150 Å². The standard InChI is InChI=1S/C19H20BrNO3/c1-12(15-9-18-19(10-16(15)20)24-7-6-23-18)21-11-13-2-3-17-14(8-13)4-5-22-17/h2-3,8-10,12,21H,4-7,11H2,1H3. The minimum absolute atomic E-state index is 0.194. The second-order valence-electron chi connectivity index (χ2n) is 6.16. The van der Waals surface area contributed by atoms with Gasteiger partial charge in [-0.25, -0.2) is 0 Å². The Bertz CT molecular complexity index is 763. The minimum Gasteiger partial charge on any atom is -0.493 e. The number of hydrogen-bond donors (Lipinski definition) is 1. The van der Waals surface area contributed by atoms with E-state index in [1.807, 2.05) is 6.07 Å². The van der Waals surface area contributed by atoms with Gasteiger partial charge in [0.15, 0.2) is 11.5 Å². The van der Waals surface area contributed by atoms with Gasteiger partial charge >= 0.3 is 0 Å². The molecule has 2 aliphatic rings. The summed E-state index contributed by atoms with van der Waals surface area (Å²) in [7, 11) is 0. The first-order valence-corrected chi connectivity index (χ1v) is 9.07. The Morgan fingerprint density at radius 3 is 2.58 bits per heavy atom. The summed E-state index contributed by atoms with van der Waals surface area (Å²) >= 11 is 3.65. The van der Waals surface area contributed by atoms with Crippen LogP contribution >= 0.6 is 15.9 Å². The van der Waals surface area contributed by atoms with Gasteiger partial charge in [0.05, 0.1) is 6.61 Å². The summed E-state index contributed by atoms with van der Waals surface area (Å²) in [4.78, 5) is 0. The molecule has 2 aliphatic heterocycles. The second-order valence-corrected chi connectivity index (χ2v) is 7.01. The van der Waals surface area contributed by atoms with Crippen molar-refractivity contribution in [1.29, 1.82) is 0 Å². The Morgan fingerprint density at radius 2 is 1.75 bits per heavy atom. The van der Waals surface area contributed by atoms with Gasteiger partial charge in [-0.1, -0.05) is 28.1 Å². The number of ether oxygens (including phenoxy) is 3. The van der Waals surface area contributed by atoms with Crippen LogP contribution in [0.25, 0.3) is 0 Å². The van der Waals surface area contributed by atoms with E-state index in [1.54, 1.807) is 0 Å². The van der Waals surface area contributed by atoms with Gasteiger partial charge < -0.3 is 19.5 Å². The molecule has 2 aromatic rings. The lowest BCUT2D eigenvalue weighted by molar-refractivity contribution is 0.171. The maximum absolute atomic E-state index is 5.69. The molecule has 0 amide bonds. The fraction of sp³-hybridized carbons (Fsp3) is 0.368. The normalized spacial score (nSPS) is 16.4. The maximum Gasteiger partial charge on any atom is 0.162 e. The number of rotatable bonds is 4. The predicted octanol–water partition coefficient (Wildman–Crippen LogP) is 4.01. The molecule has 0 saturated heterocycles. The van der Waals surface area contributed by atoms with Crippen molar-refractivity contribution in [3.05, 3.63) is 51.5 Å². The summed E-state index contributed by atoms with van der Waals surface area (Å²) < 4.78 is 17.9. The zero-order valence-corrected chi connectivity index (χ0v) is 15.2. The van der Waals surface area contributed by atoms with Crippen LogP contribution < -0.4 is 19.5 Å². The number of benzene rings is 2. The molecule has 4 rings (SSSR count). The summed E-state index contributed by atoms with van der Waals surface area (Å²) in [5, 5.41) is 3.59. The molecule has 126 valence electrons.